The lowest BCUT2D eigenvalue weighted by atomic mass is 10.1. The molecule has 0 radical (unpaired) electrons. The molecule has 0 bridgehead atoms. The second-order valence-electron chi connectivity index (χ2n) is 4.57. The molecule has 0 saturated heterocycles. The Bertz CT molecular complexity index is 656. The van der Waals surface area contributed by atoms with E-state index in [-0.39, 0.29) is 17.4 Å². The molecular weight excluding hydrogens is 278 g/mol. The van der Waals surface area contributed by atoms with Gasteiger partial charge < -0.3 is 14.8 Å². The van der Waals surface area contributed by atoms with E-state index in [2.05, 4.69) is 5.32 Å². The van der Waals surface area contributed by atoms with Gasteiger partial charge in [0.2, 0.25) is 0 Å². The Hall–Kier alpha value is -2.08. The predicted octanol–water partition coefficient (Wildman–Crippen LogP) is 3.15. The minimum Gasteiger partial charge on any atom is -0.478 e. The number of carbonyl (C=O) groups excluding carboxylic acids is 1. The number of amides is 1. The van der Waals surface area contributed by atoms with Gasteiger partial charge in [-0.2, -0.15) is 0 Å². The fourth-order valence-corrected chi connectivity index (χ4v) is 3.02. The van der Waals surface area contributed by atoms with Crippen molar-refractivity contribution >= 4 is 23.2 Å². The van der Waals surface area contributed by atoms with E-state index in [9.17, 15) is 9.59 Å². The van der Waals surface area contributed by atoms with Gasteiger partial charge in [0.15, 0.2) is 5.76 Å². The number of nitrogens with one attached hydrogen (secondary N) is 1. The third-order valence-corrected chi connectivity index (χ3v) is 3.95. The van der Waals surface area contributed by atoms with Gasteiger partial charge in [-0.15, -0.1) is 11.3 Å². The summed E-state index contributed by atoms with van der Waals surface area (Å²) in [6, 6.07) is 3.09. The highest BCUT2D eigenvalue weighted by Gasteiger charge is 2.18. The number of carboxylic acid groups (broad SMARTS) is 1. The Morgan fingerprint density at radius 1 is 1.35 bits per heavy atom. The van der Waals surface area contributed by atoms with Gasteiger partial charge in [0.05, 0.1) is 11.6 Å². The van der Waals surface area contributed by atoms with Crippen LogP contribution in [0.2, 0.25) is 0 Å². The molecule has 20 heavy (non-hydrogen) atoms. The summed E-state index contributed by atoms with van der Waals surface area (Å²) in [6.45, 7) is 5.90. The summed E-state index contributed by atoms with van der Waals surface area (Å²) >= 11 is 1.68. The van der Waals surface area contributed by atoms with Gasteiger partial charge in [-0.25, -0.2) is 4.79 Å². The topological polar surface area (TPSA) is 79.5 Å². The first-order valence-corrected chi connectivity index (χ1v) is 6.89. The average molecular weight is 293 g/mol. The number of hydrogen-bond donors (Lipinski definition) is 2. The van der Waals surface area contributed by atoms with Crippen LogP contribution in [0.5, 0.6) is 0 Å². The van der Waals surface area contributed by atoms with Gasteiger partial charge in [-0.05, 0) is 32.4 Å². The molecule has 1 unspecified atom stereocenters. The SMILES string of the molecule is Cc1cc(C(C)NC(=O)c2cc(C(=O)O)co2)c(C)s1. The van der Waals surface area contributed by atoms with Crippen LogP contribution in [0.3, 0.4) is 0 Å². The van der Waals surface area contributed by atoms with Crippen molar-refractivity contribution in [2.75, 3.05) is 0 Å². The first-order chi connectivity index (χ1) is 9.38. The highest BCUT2D eigenvalue weighted by atomic mass is 32.1. The third-order valence-electron chi connectivity index (χ3n) is 2.96. The largest absolute Gasteiger partial charge is 0.478 e. The number of aryl methyl sites for hydroxylation is 2. The lowest BCUT2D eigenvalue weighted by Gasteiger charge is -2.12. The van der Waals surface area contributed by atoms with E-state index < -0.39 is 11.9 Å². The van der Waals surface area contributed by atoms with Gasteiger partial charge in [0.25, 0.3) is 5.91 Å². The molecule has 0 aromatic carbocycles. The summed E-state index contributed by atoms with van der Waals surface area (Å²) in [5, 5.41) is 11.6. The summed E-state index contributed by atoms with van der Waals surface area (Å²) in [4.78, 5) is 25.1. The van der Waals surface area contributed by atoms with Crippen LogP contribution in [-0.2, 0) is 0 Å². The maximum atomic E-state index is 12.0. The zero-order chi connectivity index (χ0) is 14.9. The van der Waals surface area contributed by atoms with Crippen molar-refractivity contribution in [2.45, 2.75) is 26.8 Å². The number of furan rings is 1. The van der Waals surface area contributed by atoms with Crippen LogP contribution in [0.15, 0.2) is 22.8 Å². The minimum absolute atomic E-state index is 0.00106. The van der Waals surface area contributed by atoms with Crippen molar-refractivity contribution in [1.82, 2.24) is 5.32 Å². The maximum Gasteiger partial charge on any atom is 0.338 e. The standard InChI is InChI=1S/C14H15NO4S/c1-7-4-11(9(3)20-7)8(2)15-13(16)12-5-10(6-19-12)14(17)18/h4-6,8H,1-3H3,(H,15,16)(H,17,18). The molecular formula is C14H15NO4S. The van der Waals surface area contributed by atoms with Gasteiger partial charge in [0.1, 0.15) is 6.26 Å². The van der Waals surface area contributed by atoms with Gasteiger partial charge in [-0.3, -0.25) is 4.79 Å². The van der Waals surface area contributed by atoms with Gasteiger partial charge in [0, 0.05) is 15.8 Å². The number of thiophene rings is 1. The van der Waals surface area contributed by atoms with Crippen LogP contribution in [0.25, 0.3) is 0 Å². The monoisotopic (exact) mass is 293 g/mol. The number of carbonyl (C=O) groups is 2. The van der Waals surface area contributed by atoms with Crippen LogP contribution in [0.1, 0.15) is 49.2 Å². The van der Waals surface area contributed by atoms with E-state index in [1.54, 1.807) is 11.3 Å². The van der Waals surface area contributed by atoms with Crippen LogP contribution in [0.4, 0.5) is 0 Å². The first-order valence-electron chi connectivity index (χ1n) is 6.08. The lowest BCUT2D eigenvalue weighted by Crippen LogP contribution is -2.26. The molecule has 1 amide bonds. The highest BCUT2D eigenvalue weighted by Crippen LogP contribution is 2.26. The Morgan fingerprint density at radius 2 is 2.05 bits per heavy atom. The Labute approximate surface area is 120 Å². The van der Waals surface area contributed by atoms with E-state index >= 15 is 0 Å². The normalized spacial score (nSPS) is 12.2. The molecule has 2 aromatic heterocycles. The number of hydrogen-bond acceptors (Lipinski definition) is 4. The zero-order valence-electron chi connectivity index (χ0n) is 11.4. The summed E-state index contributed by atoms with van der Waals surface area (Å²) < 4.78 is 4.97. The van der Waals surface area contributed by atoms with Gasteiger partial charge in [-0.1, -0.05) is 0 Å². The van der Waals surface area contributed by atoms with E-state index in [0.29, 0.717) is 0 Å². The van der Waals surface area contributed by atoms with Crippen molar-refractivity contribution in [3.8, 4) is 0 Å². The number of rotatable bonds is 4. The molecule has 0 aliphatic carbocycles. The Morgan fingerprint density at radius 3 is 2.55 bits per heavy atom. The summed E-state index contributed by atoms with van der Waals surface area (Å²) in [5.41, 5.74) is 1.02. The zero-order valence-corrected chi connectivity index (χ0v) is 12.2. The minimum atomic E-state index is -1.12. The van der Waals surface area contributed by atoms with E-state index in [1.807, 2.05) is 26.8 Å². The molecule has 0 spiro atoms. The fourth-order valence-electron chi connectivity index (χ4n) is 1.99. The van der Waals surface area contributed by atoms with Crippen LogP contribution >= 0.6 is 11.3 Å². The molecule has 0 aliphatic rings. The van der Waals surface area contributed by atoms with E-state index in [4.69, 9.17) is 9.52 Å². The third kappa shape index (κ3) is 2.91. The summed E-state index contributed by atoms with van der Waals surface area (Å²) in [7, 11) is 0. The van der Waals surface area contributed by atoms with E-state index in [1.165, 1.54) is 10.9 Å². The van der Waals surface area contributed by atoms with Crippen molar-refractivity contribution < 1.29 is 19.1 Å². The van der Waals surface area contributed by atoms with Crippen LogP contribution in [0, 0.1) is 13.8 Å². The average Bonchev–Trinajstić information content (AvgIpc) is 2.95. The molecule has 2 N–H and O–H groups in total. The van der Waals surface area contributed by atoms with Crippen molar-refractivity contribution in [3.63, 3.8) is 0 Å². The second-order valence-corrected chi connectivity index (χ2v) is 6.03. The first kappa shape index (κ1) is 14.3. The molecule has 0 saturated carbocycles. The highest BCUT2D eigenvalue weighted by molar-refractivity contribution is 7.12. The van der Waals surface area contributed by atoms with E-state index in [0.717, 1.165) is 16.7 Å². The fraction of sp³-hybridized carbons (Fsp3) is 0.286. The quantitative estimate of drug-likeness (QED) is 0.907. The summed E-state index contributed by atoms with van der Waals surface area (Å²) in [5.74, 6) is -1.54. The second kappa shape index (κ2) is 5.50. The molecule has 2 aromatic rings. The molecule has 2 heterocycles. The predicted molar refractivity (Wildman–Crippen MR) is 75.3 cm³/mol. The van der Waals surface area contributed by atoms with Crippen LogP contribution < -0.4 is 5.32 Å². The number of carboxylic acids is 1. The molecule has 0 fully saturated rings. The number of aromatic carboxylic acids is 1. The Balaban J connectivity index is 2.10. The lowest BCUT2D eigenvalue weighted by molar-refractivity contribution is 0.0695. The molecule has 106 valence electrons. The van der Waals surface area contributed by atoms with Crippen LogP contribution in [-0.4, -0.2) is 17.0 Å². The molecule has 0 aliphatic heterocycles. The van der Waals surface area contributed by atoms with Crippen molar-refractivity contribution in [2.24, 2.45) is 0 Å². The smallest absolute Gasteiger partial charge is 0.338 e. The van der Waals surface area contributed by atoms with Crippen molar-refractivity contribution in [3.05, 3.63) is 45.0 Å². The summed E-state index contributed by atoms with van der Waals surface area (Å²) in [6.07, 6.45) is 1.06. The van der Waals surface area contributed by atoms with Gasteiger partial charge >= 0.3 is 5.97 Å². The van der Waals surface area contributed by atoms with Crippen molar-refractivity contribution in [1.29, 1.82) is 0 Å². The molecule has 6 heteroatoms. The molecule has 5 nitrogen and oxygen atoms in total. The molecule has 1 atom stereocenters. The maximum absolute atomic E-state index is 12.0. The Kier molecular flexibility index (Phi) is 3.94. The molecule has 2 rings (SSSR count).